The maximum atomic E-state index is 13.0. The third-order valence-corrected chi connectivity index (χ3v) is 7.04. The van der Waals surface area contributed by atoms with Crippen molar-refractivity contribution in [1.82, 2.24) is 9.55 Å². The van der Waals surface area contributed by atoms with E-state index in [4.69, 9.17) is 39.8 Å². The number of esters is 1. The Kier molecular flexibility index (Phi) is 7.67. The monoisotopic (exact) mass is 544 g/mol. The highest BCUT2D eigenvalue weighted by molar-refractivity contribution is 7.49. The molecule has 2 aliphatic heterocycles. The van der Waals surface area contributed by atoms with Gasteiger partial charge in [0.25, 0.3) is 5.56 Å². The largest absolute Gasteiger partial charge is 0.530 e. The van der Waals surface area contributed by atoms with Gasteiger partial charge in [-0.1, -0.05) is 11.6 Å². The molecule has 1 unspecified atom stereocenters. The standard InChI is InChI=1S/C21H22ClN2O11P/c1-11-8-24(21(29)23-20(11)28)17-7-15(34-19(27)5-4-18(25)26)16(33-17)10-32-36(30)31-9-12-6-13(22)2-3-14(12)35-36/h2-3,6,8,15-17H,4-5,7,9-10H2,1H3,(H,25,26)(H,23,28,29)/t15-,16-,17-,36?/m1/s1. The Labute approximate surface area is 208 Å². The summed E-state index contributed by atoms with van der Waals surface area (Å²) >= 11 is 5.94. The lowest BCUT2D eigenvalue weighted by Crippen LogP contribution is -2.33. The van der Waals surface area contributed by atoms with Crippen LogP contribution in [-0.4, -0.2) is 45.4 Å². The number of aromatic amines is 1. The molecule has 194 valence electrons. The molecule has 4 rings (SSSR count). The fourth-order valence-corrected chi connectivity index (χ4v) is 5.08. The van der Waals surface area contributed by atoms with E-state index in [-0.39, 0.29) is 30.8 Å². The number of aromatic nitrogens is 2. The Hall–Kier alpha value is -2.96. The highest BCUT2D eigenvalue weighted by Crippen LogP contribution is 2.55. The minimum atomic E-state index is -4.07. The maximum Gasteiger partial charge on any atom is 0.530 e. The SMILES string of the molecule is Cc1cn([C@H]2C[C@@H](OC(=O)CCC(=O)O)[C@@H](COP3(=O)OCc4cc(Cl)ccc4O3)O2)c(=O)[nH]c1=O. The molecule has 0 radical (unpaired) electrons. The number of carbonyl (C=O) groups excluding carboxylic acids is 1. The lowest BCUT2D eigenvalue weighted by molar-refractivity contribution is -0.155. The highest BCUT2D eigenvalue weighted by atomic mass is 35.5. The van der Waals surface area contributed by atoms with Crippen molar-refractivity contribution >= 4 is 31.4 Å². The first-order chi connectivity index (χ1) is 17.0. The number of nitrogens with zero attached hydrogens (tertiary/aromatic N) is 1. The number of hydrogen-bond donors (Lipinski definition) is 2. The van der Waals surface area contributed by atoms with Crippen LogP contribution in [0, 0.1) is 6.92 Å². The number of phosphoric ester groups is 1. The molecular formula is C21H22ClN2O11P. The zero-order valence-corrected chi connectivity index (χ0v) is 20.5. The van der Waals surface area contributed by atoms with Crippen molar-refractivity contribution in [2.45, 2.75) is 51.2 Å². The van der Waals surface area contributed by atoms with Crippen molar-refractivity contribution < 1.29 is 42.3 Å². The van der Waals surface area contributed by atoms with E-state index in [0.717, 1.165) is 4.57 Å². The van der Waals surface area contributed by atoms with E-state index in [2.05, 4.69) is 4.98 Å². The number of benzene rings is 1. The Bertz CT molecular complexity index is 1340. The molecule has 13 nitrogen and oxygen atoms in total. The molecule has 2 aromatic rings. The van der Waals surface area contributed by atoms with Crippen molar-refractivity contribution in [2.75, 3.05) is 6.61 Å². The smallest absolute Gasteiger partial charge is 0.481 e. The summed E-state index contributed by atoms with van der Waals surface area (Å²) in [6.45, 7) is 1.01. The van der Waals surface area contributed by atoms with E-state index in [9.17, 15) is 23.7 Å². The number of H-pyrrole nitrogens is 1. The Morgan fingerprint density at radius 3 is 2.83 bits per heavy atom. The molecule has 1 aromatic heterocycles. The summed E-state index contributed by atoms with van der Waals surface area (Å²) < 4.78 is 41.5. The van der Waals surface area contributed by atoms with E-state index in [1.54, 1.807) is 12.1 Å². The minimum Gasteiger partial charge on any atom is -0.481 e. The van der Waals surface area contributed by atoms with Gasteiger partial charge < -0.3 is 19.1 Å². The van der Waals surface area contributed by atoms with Crippen LogP contribution in [-0.2, 0) is 39.3 Å². The minimum absolute atomic E-state index is 0.0222. The summed E-state index contributed by atoms with van der Waals surface area (Å²) in [6, 6.07) is 4.68. The van der Waals surface area contributed by atoms with Crippen LogP contribution in [0.1, 0.15) is 36.6 Å². The lowest BCUT2D eigenvalue weighted by Gasteiger charge is -2.26. The summed E-state index contributed by atoms with van der Waals surface area (Å²) in [5, 5.41) is 9.25. The summed E-state index contributed by atoms with van der Waals surface area (Å²) in [6.07, 6.45) is -2.51. The number of aliphatic carboxylic acids is 1. The Morgan fingerprint density at radius 1 is 1.31 bits per heavy atom. The predicted octanol–water partition coefficient (Wildman–Crippen LogP) is 2.30. The van der Waals surface area contributed by atoms with Crippen LogP contribution < -0.4 is 15.8 Å². The van der Waals surface area contributed by atoms with Gasteiger partial charge in [0, 0.05) is 28.8 Å². The first-order valence-corrected chi connectivity index (χ1v) is 12.6. The second kappa shape index (κ2) is 10.6. The fraction of sp³-hybridized carbons (Fsp3) is 0.429. The number of rotatable bonds is 8. The molecule has 0 bridgehead atoms. The molecular weight excluding hydrogens is 523 g/mol. The first-order valence-electron chi connectivity index (χ1n) is 10.8. The number of carboxylic acid groups (broad SMARTS) is 1. The van der Waals surface area contributed by atoms with Gasteiger partial charge in [-0.3, -0.25) is 33.0 Å². The van der Waals surface area contributed by atoms with Crippen molar-refractivity contribution in [3.05, 3.63) is 61.4 Å². The van der Waals surface area contributed by atoms with Gasteiger partial charge >= 0.3 is 25.5 Å². The van der Waals surface area contributed by atoms with Crippen LogP contribution in [0.2, 0.25) is 5.02 Å². The number of ether oxygens (including phenoxy) is 2. The second-order valence-corrected chi connectivity index (χ2v) is 10.2. The van der Waals surface area contributed by atoms with Gasteiger partial charge in [-0.2, -0.15) is 0 Å². The highest BCUT2D eigenvalue weighted by Gasteiger charge is 2.43. The van der Waals surface area contributed by atoms with Crippen molar-refractivity contribution in [1.29, 1.82) is 0 Å². The summed E-state index contributed by atoms with van der Waals surface area (Å²) in [4.78, 5) is 49.1. The number of fused-ring (bicyclic) bond motifs is 1. The van der Waals surface area contributed by atoms with Crippen molar-refractivity contribution in [3.8, 4) is 5.75 Å². The quantitative estimate of drug-likeness (QED) is 0.369. The molecule has 4 atom stereocenters. The maximum absolute atomic E-state index is 13.0. The molecule has 0 saturated carbocycles. The van der Waals surface area contributed by atoms with Gasteiger partial charge in [0.15, 0.2) is 0 Å². The van der Waals surface area contributed by atoms with Crippen LogP contribution in [0.15, 0.2) is 34.0 Å². The van der Waals surface area contributed by atoms with Gasteiger partial charge in [0.1, 0.15) is 24.2 Å². The molecule has 1 fully saturated rings. The van der Waals surface area contributed by atoms with Gasteiger partial charge in [-0.05, 0) is 25.1 Å². The van der Waals surface area contributed by atoms with Gasteiger partial charge in [-0.15, -0.1) is 0 Å². The summed E-state index contributed by atoms with van der Waals surface area (Å²) in [5.41, 5.74) is -0.472. The van der Waals surface area contributed by atoms with Crippen molar-refractivity contribution in [2.24, 2.45) is 0 Å². The van der Waals surface area contributed by atoms with E-state index < -0.39 is 62.5 Å². The van der Waals surface area contributed by atoms with Crippen LogP contribution in [0.5, 0.6) is 5.75 Å². The normalized spacial score (nSPS) is 25.1. The van der Waals surface area contributed by atoms with E-state index in [0.29, 0.717) is 10.6 Å². The van der Waals surface area contributed by atoms with Gasteiger partial charge in [0.05, 0.1) is 26.1 Å². The Balaban J connectivity index is 1.49. The number of hydrogen-bond acceptors (Lipinski definition) is 10. The van der Waals surface area contributed by atoms with Crippen LogP contribution in [0.4, 0.5) is 0 Å². The lowest BCUT2D eigenvalue weighted by atomic mass is 10.2. The third kappa shape index (κ3) is 6.05. The van der Waals surface area contributed by atoms with Crippen LogP contribution in [0.3, 0.4) is 0 Å². The number of aryl methyl sites for hydroxylation is 1. The number of carbonyl (C=O) groups is 2. The average molecular weight is 545 g/mol. The summed E-state index contributed by atoms with van der Waals surface area (Å²) in [5.74, 6) is -1.70. The Morgan fingerprint density at radius 2 is 2.08 bits per heavy atom. The van der Waals surface area contributed by atoms with E-state index in [1.807, 2.05) is 0 Å². The fourth-order valence-electron chi connectivity index (χ4n) is 3.66. The number of nitrogens with one attached hydrogen (secondary N) is 1. The molecule has 1 aromatic carbocycles. The molecule has 2 N–H and O–H groups in total. The molecule has 2 aliphatic rings. The predicted molar refractivity (Wildman–Crippen MR) is 122 cm³/mol. The summed E-state index contributed by atoms with van der Waals surface area (Å²) in [7, 11) is -4.07. The van der Waals surface area contributed by atoms with Crippen molar-refractivity contribution in [3.63, 3.8) is 0 Å². The first kappa shape index (κ1) is 26.1. The molecule has 0 amide bonds. The second-order valence-electron chi connectivity index (χ2n) is 8.13. The molecule has 3 heterocycles. The molecule has 0 spiro atoms. The number of phosphoric acid groups is 1. The topological polar surface area (TPSA) is 172 Å². The average Bonchev–Trinajstić information content (AvgIpc) is 3.21. The zero-order valence-electron chi connectivity index (χ0n) is 18.9. The molecule has 15 heteroatoms. The van der Waals surface area contributed by atoms with E-state index >= 15 is 0 Å². The third-order valence-electron chi connectivity index (χ3n) is 5.47. The van der Waals surface area contributed by atoms with Crippen LogP contribution in [0.25, 0.3) is 0 Å². The number of carboxylic acids is 1. The van der Waals surface area contributed by atoms with E-state index in [1.165, 1.54) is 19.2 Å². The molecule has 36 heavy (non-hydrogen) atoms. The van der Waals surface area contributed by atoms with Crippen LogP contribution >= 0.6 is 19.4 Å². The van der Waals surface area contributed by atoms with Gasteiger partial charge in [0.2, 0.25) is 0 Å². The number of halogens is 1. The zero-order chi connectivity index (χ0) is 26.0. The molecule has 0 aliphatic carbocycles. The molecule has 1 saturated heterocycles. The van der Waals surface area contributed by atoms with Gasteiger partial charge in [-0.25, -0.2) is 9.36 Å².